The number of anilines is 1. The van der Waals surface area contributed by atoms with Crippen LogP contribution in [0.3, 0.4) is 0 Å². The van der Waals surface area contributed by atoms with Crippen LogP contribution in [-0.4, -0.2) is 25.6 Å². The van der Waals surface area contributed by atoms with Crippen LogP contribution in [0.5, 0.6) is 0 Å². The summed E-state index contributed by atoms with van der Waals surface area (Å²) in [6.07, 6.45) is 0. The van der Waals surface area contributed by atoms with Gasteiger partial charge in [0.2, 0.25) is 5.13 Å². The average molecular weight is 411 g/mol. The average Bonchev–Trinajstić information content (AvgIpc) is 3.42. The van der Waals surface area contributed by atoms with E-state index in [0.29, 0.717) is 16.6 Å². The summed E-state index contributed by atoms with van der Waals surface area (Å²) in [5.74, 6) is -0.184. The first-order chi connectivity index (χ1) is 13.5. The molecule has 0 saturated carbocycles. The van der Waals surface area contributed by atoms with Gasteiger partial charge >= 0.3 is 0 Å². The number of thiophene rings is 1. The summed E-state index contributed by atoms with van der Waals surface area (Å²) < 4.78 is 1.53. The van der Waals surface area contributed by atoms with Crippen molar-refractivity contribution in [1.82, 2.24) is 14.8 Å². The van der Waals surface area contributed by atoms with Crippen molar-refractivity contribution in [3.63, 3.8) is 0 Å². The van der Waals surface area contributed by atoms with Crippen LogP contribution in [0.4, 0.5) is 11.5 Å². The maximum Gasteiger partial charge on any atom is 0.282 e. The number of rotatable bonds is 5. The number of hydrogen-bond donors (Lipinski definition) is 1. The van der Waals surface area contributed by atoms with E-state index in [1.165, 1.54) is 34.2 Å². The zero-order valence-electron chi connectivity index (χ0n) is 14.5. The van der Waals surface area contributed by atoms with Crippen LogP contribution in [0, 0.1) is 17.0 Å². The number of nitro benzene ring substituents is 1. The van der Waals surface area contributed by atoms with Gasteiger partial charge in [-0.2, -0.15) is 9.78 Å². The number of hydrogen-bond acceptors (Lipinski definition) is 7. The van der Waals surface area contributed by atoms with Crippen molar-refractivity contribution < 1.29 is 9.72 Å². The van der Waals surface area contributed by atoms with Gasteiger partial charge in [0.25, 0.3) is 11.6 Å². The van der Waals surface area contributed by atoms with Gasteiger partial charge in [0.15, 0.2) is 0 Å². The fraction of sp³-hybridized carbons (Fsp3) is 0.0556. The highest BCUT2D eigenvalue weighted by molar-refractivity contribution is 7.15. The molecule has 0 radical (unpaired) electrons. The molecule has 1 N–H and O–H groups in total. The molecule has 140 valence electrons. The summed E-state index contributed by atoms with van der Waals surface area (Å²) >= 11 is 2.98. The van der Waals surface area contributed by atoms with Crippen molar-refractivity contribution in [2.75, 3.05) is 5.32 Å². The Balaban J connectivity index is 1.66. The summed E-state index contributed by atoms with van der Waals surface area (Å²) in [5.41, 5.74) is 1.25. The van der Waals surface area contributed by atoms with Crippen molar-refractivity contribution in [2.24, 2.45) is 0 Å². The van der Waals surface area contributed by atoms with Crippen LogP contribution < -0.4 is 5.32 Å². The van der Waals surface area contributed by atoms with Crippen LogP contribution >= 0.6 is 22.7 Å². The molecule has 1 amide bonds. The molecule has 0 spiro atoms. The molecule has 3 heterocycles. The van der Waals surface area contributed by atoms with E-state index in [-0.39, 0.29) is 11.3 Å². The molecule has 3 aromatic heterocycles. The van der Waals surface area contributed by atoms with Gasteiger partial charge in [-0.1, -0.05) is 18.2 Å². The lowest BCUT2D eigenvalue weighted by atomic mass is 10.1. The summed E-state index contributed by atoms with van der Waals surface area (Å²) in [4.78, 5) is 28.9. The SMILES string of the molecule is Cc1cc(NC(=O)c2ccccc2[N+](=O)[O-])n(-c2nc(-c3cccs3)cs2)n1. The van der Waals surface area contributed by atoms with E-state index in [0.717, 1.165) is 10.6 Å². The first kappa shape index (κ1) is 18.0. The molecule has 0 saturated heterocycles. The van der Waals surface area contributed by atoms with E-state index in [4.69, 9.17) is 0 Å². The number of carbonyl (C=O) groups excluding carboxylic acids is 1. The minimum atomic E-state index is -0.580. The second-order valence-corrected chi connectivity index (χ2v) is 7.59. The topological polar surface area (TPSA) is 103 Å². The molecule has 1 aromatic carbocycles. The molecule has 0 aliphatic rings. The standard InChI is InChI=1S/C18H13N5O3S2/c1-11-9-16(20-17(24)12-5-2-3-6-14(12)23(25)26)22(21-11)18-19-13(10-28-18)15-7-4-8-27-15/h2-10H,1H3,(H,20,24). The second kappa shape index (κ2) is 7.33. The quantitative estimate of drug-likeness (QED) is 0.384. The van der Waals surface area contributed by atoms with Crippen molar-refractivity contribution >= 4 is 40.1 Å². The number of aryl methyl sites for hydroxylation is 1. The van der Waals surface area contributed by atoms with Crippen LogP contribution in [0.1, 0.15) is 16.1 Å². The van der Waals surface area contributed by atoms with E-state index in [9.17, 15) is 14.9 Å². The third-order valence-corrected chi connectivity index (χ3v) is 5.57. The number of aromatic nitrogens is 3. The molecule has 8 nitrogen and oxygen atoms in total. The molecule has 0 unspecified atom stereocenters. The van der Waals surface area contributed by atoms with Gasteiger partial charge in [-0.15, -0.1) is 22.7 Å². The first-order valence-electron chi connectivity index (χ1n) is 8.14. The van der Waals surface area contributed by atoms with Gasteiger partial charge in [-0.25, -0.2) is 4.98 Å². The van der Waals surface area contributed by atoms with E-state index in [1.54, 1.807) is 30.4 Å². The predicted molar refractivity (Wildman–Crippen MR) is 108 cm³/mol. The zero-order chi connectivity index (χ0) is 19.7. The van der Waals surface area contributed by atoms with Crippen LogP contribution in [0.2, 0.25) is 0 Å². The van der Waals surface area contributed by atoms with Gasteiger partial charge in [0.05, 0.1) is 21.2 Å². The number of nitrogens with zero attached hydrogens (tertiary/aromatic N) is 4. The third-order valence-electron chi connectivity index (χ3n) is 3.87. The number of para-hydroxylation sites is 1. The Morgan fingerprint density at radius 2 is 2.04 bits per heavy atom. The van der Waals surface area contributed by atoms with E-state index in [2.05, 4.69) is 15.4 Å². The molecule has 4 aromatic rings. The fourth-order valence-electron chi connectivity index (χ4n) is 2.64. The van der Waals surface area contributed by atoms with E-state index >= 15 is 0 Å². The van der Waals surface area contributed by atoms with Gasteiger partial charge in [-0.05, 0) is 24.4 Å². The summed E-state index contributed by atoms with van der Waals surface area (Å²) in [6.45, 7) is 1.80. The second-order valence-electron chi connectivity index (χ2n) is 5.80. The Bertz CT molecular complexity index is 1160. The largest absolute Gasteiger partial charge is 0.306 e. The van der Waals surface area contributed by atoms with E-state index < -0.39 is 10.8 Å². The maximum absolute atomic E-state index is 12.7. The van der Waals surface area contributed by atoms with Crippen molar-refractivity contribution in [3.05, 3.63) is 74.6 Å². The molecule has 28 heavy (non-hydrogen) atoms. The fourth-order valence-corrected chi connectivity index (χ4v) is 4.19. The third kappa shape index (κ3) is 3.42. The van der Waals surface area contributed by atoms with Crippen molar-refractivity contribution in [1.29, 1.82) is 0 Å². The first-order valence-corrected chi connectivity index (χ1v) is 9.90. The molecule has 4 rings (SSSR count). The van der Waals surface area contributed by atoms with E-state index in [1.807, 2.05) is 22.9 Å². The zero-order valence-corrected chi connectivity index (χ0v) is 16.2. The minimum absolute atomic E-state index is 0.0173. The van der Waals surface area contributed by atoms with Gasteiger partial charge in [0.1, 0.15) is 11.4 Å². The molecule has 0 bridgehead atoms. The van der Waals surface area contributed by atoms with Gasteiger partial charge < -0.3 is 5.32 Å². The Labute approximate surface area is 167 Å². The maximum atomic E-state index is 12.7. The molecule has 0 aliphatic heterocycles. The number of thiazole rings is 1. The summed E-state index contributed by atoms with van der Waals surface area (Å²) in [5, 5.41) is 22.8. The Kier molecular flexibility index (Phi) is 4.72. The van der Waals surface area contributed by atoms with Crippen LogP contribution in [-0.2, 0) is 0 Å². The monoisotopic (exact) mass is 411 g/mol. The normalized spacial score (nSPS) is 10.8. The predicted octanol–water partition coefficient (Wildman–Crippen LogP) is 4.53. The Morgan fingerprint density at radius 3 is 2.79 bits per heavy atom. The van der Waals surface area contributed by atoms with Gasteiger partial charge in [0, 0.05) is 17.5 Å². The Morgan fingerprint density at radius 1 is 1.21 bits per heavy atom. The summed E-state index contributed by atoms with van der Waals surface area (Å²) in [6, 6.07) is 11.4. The highest BCUT2D eigenvalue weighted by Gasteiger charge is 2.21. The molecule has 10 heteroatoms. The van der Waals surface area contributed by atoms with Gasteiger partial charge in [-0.3, -0.25) is 14.9 Å². The lowest BCUT2D eigenvalue weighted by molar-refractivity contribution is -0.385. The molecule has 0 fully saturated rings. The van der Waals surface area contributed by atoms with Crippen LogP contribution in [0.15, 0.2) is 53.2 Å². The number of nitro groups is 1. The Hall–Kier alpha value is -3.37. The number of amides is 1. The lowest BCUT2D eigenvalue weighted by Gasteiger charge is -2.07. The molecular formula is C18H13N5O3S2. The summed E-state index contributed by atoms with van der Waals surface area (Å²) in [7, 11) is 0. The number of carbonyl (C=O) groups is 1. The smallest absolute Gasteiger partial charge is 0.282 e. The molecule has 0 aliphatic carbocycles. The number of nitrogens with one attached hydrogen (secondary N) is 1. The van der Waals surface area contributed by atoms with Crippen molar-refractivity contribution in [2.45, 2.75) is 6.92 Å². The lowest BCUT2D eigenvalue weighted by Crippen LogP contribution is -2.16. The minimum Gasteiger partial charge on any atom is -0.306 e. The van der Waals surface area contributed by atoms with Crippen LogP contribution in [0.25, 0.3) is 15.7 Å². The molecule has 0 atom stereocenters. The number of benzene rings is 1. The highest BCUT2D eigenvalue weighted by atomic mass is 32.1. The highest BCUT2D eigenvalue weighted by Crippen LogP contribution is 2.29. The molecular weight excluding hydrogens is 398 g/mol. The van der Waals surface area contributed by atoms with Crippen molar-refractivity contribution in [3.8, 4) is 15.7 Å².